The highest BCUT2D eigenvalue weighted by Crippen LogP contribution is 2.28. The quantitative estimate of drug-likeness (QED) is 0.333. The van der Waals surface area contributed by atoms with Crippen molar-refractivity contribution in [1.82, 2.24) is 19.3 Å². The third-order valence-electron chi connectivity index (χ3n) is 4.76. The van der Waals surface area contributed by atoms with Crippen LogP contribution in [0.25, 0.3) is 16.9 Å². The number of hydrogen-bond donors (Lipinski definition) is 2. The Hall–Kier alpha value is -2.88. The van der Waals surface area contributed by atoms with Gasteiger partial charge in [0.05, 0.1) is 10.6 Å². The Labute approximate surface area is 186 Å². The van der Waals surface area contributed by atoms with Gasteiger partial charge in [-0.2, -0.15) is 9.61 Å². The van der Waals surface area contributed by atoms with Gasteiger partial charge in [-0.25, -0.2) is 18.1 Å². The molecule has 0 atom stereocenters. The number of halogens is 1. The van der Waals surface area contributed by atoms with Gasteiger partial charge in [-0.15, -0.1) is 0 Å². The highest BCUT2D eigenvalue weighted by atomic mass is 35.5. The van der Waals surface area contributed by atoms with Crippen molar-refractivity contribution in [3.05, 3.63) is 71.4 Å². The van der Waals surface area contributed by atoms with Crippen LogP contribution in [0.5, 0.6) is 0 Å². The Bertz CT molecular complexity index is 1360. The van der Waals surface area contributed by atoms with Crippen molar-refractivity contribution in [2.45, 2.75) is 11.8 Å². The molecule has 4 aromatic rings. The second-order valence-electron chi connectivity index (χ2n) is 6.93. The summed E-state index contributed by atoms with van der Waals surface area (Å²) in [6.45, 7) is 2.27. The minimum Gasteiger partial charge on any atom is -0.369 e. The minimum absolute atomic E-state index is 0.179. The monoisotopic (exact) mass is 451 g/mol. The molecule has 10 heteroatoms. The molecular formula is C21H19BClN5O2S. The number of aryl methyl sites for hydroxylation is 1. The van der Waals surface area contributed by atoms with Gasteiger partial charge in [0, 0.05) is 35.9 Å². The number of fused-ring (bicyclic) bond motifs is 1. The van der Waals surface area contributed by atoms with Crippen molar-refractivity contribution >= 4 is 46.4 Å². The summed E-state index contributed by atoms with van der Waals surface area (Å²) in [4.78, 5) is 4.85. The van der Waals surface area contributed by atoms with E-state index in [9.17, 15) is 8.42 Å². The first-order chi connectivity index (χ1) is 14.9. The SMILES string of the molecule is [B]c1cnn2c(NCCNS(=O)(=O)c3ccccc3C)cc(-c3ccccc3Cl)nc12. The van der Waals surface area contributed by atoms with Crippen molar-refractivity contribution in [2.75, 3.05) is 18.4 Å². The van der Waals surface area contributed by atoms with Gasteiger partial charge in [0.2, 0.25) is 10.0 Å². The van der Waals surface area contributed by atoms with E-state index < -0.39 is 10.0 Å². The summed E-state index contributed by atoms with van der Waals surface area (Å²) in [6, 6.07) is 16.0. The number of sulfonamides is 1. The zero-order valence-electron chi connectivity index (χ0n) is 16.7. The predicted octanol–water partition coefficient (Wildman–Crippen LogP) is 2.54. The van der Waals surface area contributed by atoms with Crippen LogP contribution >= 0.6 is 11.6 Å². The van der Waals surface area contributed by atoms with Gasteiger partial charge in [0.15, 0.2) is 5.65 Å². The maximum atomic E-state index is 12.6. The molecule has 2 aromatic heterocycles. The van der Waals surface area contributed by atoms with Crippen LogP contribution in [0.15, 0.2) is 65.7 Å². The Morgan fingerprint density at radius 1 is 1.10 bits per heavy atom. The number of benzene rings is 2. The molecule has 2 aromatic carbocycles. The van der Waals surface area contributed by atoms with Crippen LogP contribution in [0.4, 0.5) is 5.82 Å². The molecule has 0 bridgehead atoms. The van der Waals surface area contributed by atoms with Crippen LogP contribution in [0.3, 0.4) is 0 Å². The standard InChI is InChI=1S/C21H19BClN5O2S/c1-14-6-2-5-9-19(14)31(29,30)26-11-10-24-20-12-18(15-7-3-4-8-17(15)23)27-21-16(22)13-25-28(20)21/h2-9,12-13,24,26H,10-11H2,1H3. The number of nitrogens with zero attached hydrogens (tertiary/aromatic N) is 3. The minimum atomic E-state index is -3.60. The van der Waals surface area contributed by atoms with Crippen molar-refractivity contribution in [2.24, 2.45) is 0 Å². The molecule has 0 aliphatic rings. The lowest BCUT2D eigenvalue weighted by atomic mass is 10.0. The molecule has 7 nitrogen and oxygen atoms in total. The largest absolute Gasteiger partial charge is 0.369 e. The Balaban J connectivity index is 1.55. The molecule has 0 amide bonds. The van der Waals surface area contributed by atoms with E-state index in [1.54, 1.807) is 47.8 Å². The van der Waals surface area contributed by atoms with Crippen LogP contribution in [-0.4, -0.2) is 44.0 Å². The maximum absolute atomic E-state index is 12.6. The average molecular weight is 452 g/mol. The molecule has 0 unspecified atom stereocenters. The summed E-state index contributed by atoms with van der Waals surface area (Å²) in [5.41, 5.74) is 3.00. The molecule has 0 aliphatic heterocycles. The highest BCUT2D eigenvalue weighted by Gasteiger charge is 2.16. The van der Waals surface area contributed by atoms with Crippen molar-refractivity contribution in [3.8, 4) is 11.3 Å². The fourth-order valence-electron chi connectivity index (χ4n) is 3.22. The molecule has 0 spiro atoms. The van der Waals surface area contributed by atoms with E-state index in [1.165, 1.54) is 6.20 Å². The summed E-state index contributed by atoms with van der Waals surface area (Å²) in [6.07, 6.45) is 1.52. The number of rotatable bonds is 7. The summed E-state index contributed by atoms with van der Waals surface area (Å²) in [5, 5.41) is 8.03. The normalized spacial score (nSPS) is 11.7. The maximum Gasteiger partial charge on any atom is 0.240 e. The Morgan fingerprint density at radius 3 is 2.61 bits per heavy atom. The van der Waals surface area contributed by atoms with E-state index in [1.807, 2.05) is 18.2 Å². The molecule has 0 saturated heterocycles. The zero-order chi connectivity index (χ0) is 22.0. The number of nitrogens with one attached hydrogen (secondary N) is 2. The third kappa shape index (κ3) is 4.44. The number of aromatic nitrogens is 3. The molecule has 2 heterocycles. The molecule has 156 valence electrons. The van der Waals surface area contributed by atoms with E-state index in [4.69, 9.17) is 19.4 Å². The summed E-state index contributed by atoms with van der Waals surface area (Å²) >= 11 is 6.33. The van der Waals surface area contributed by atoms with Gasteiger partial charge in [0.25, 0.3) is 0 Å². The van der Waals surface area contributed by atoms with Gasteiger partial charge in [0.1, 0.15) is 13.7 Å². The van der Waals surface area contributed by atoms with Crippen LogP contribution < -0.4 is 15.5 Å². The lowest BCUT2D eigenvalue weighted by molar-refractivity contribution is 0.582. The lowest BCUT2D eigenvalue weighted by Crippen LogP contribution is -2.29. The fraction of sp³-hybridized carbons (Fsp3) is 0.143. The van der Waals surface area contributed by atoms with E-state index in [0.29, 0.717) is 39.8 Å². The average Bonchev–Trinajstić information content (AvgIpc) is 3.12. The van der Waals surface area contributed by atoms with Crippen LogP contribution in [0.2, 0.25) is 5.02 Å². The van der Waals surface area contributed by atoms with Crippen molar-refractivity contribution in [3.63, 3.8) is 0 Å². The molecule has 0 aliphatic carbocycles. The predicted molar refractivity (Wildman–Crippen MR) is 124 cm³/mol. The number of hydrogen-bond acceptors (Lipinski definition) is 5. The molecule has 4 rings (SSSR count). The molecular weight excluding hydrogens is 433 g/mol. The topological polar surface area (TPSA) is 88.4 Å². The van der Waals surface area contributed by atoms with Crippen molar-refractivity contribution < 1.29 is 8.42 Å². The van der Waals surface area contributed by atoms with E-state index in [0.717, 1.165) is 5.56 Å². The Kier molecular flexibility index (Phi) is 6.00. The smallest absolute Gasteiger partial charge is 0.240 e. The van der Waals surface area contributed by atoms with Gasteiger partial charge in [-0.05, 0) is 30.1 Å². The molecule has 2 N–H and O–H groups in total. The van der Waals surface area contributed by atoms with Gasteiger partial charge < -0.3 is 5.32 Å². The van der Waals surface area contributed by atoms with E-state index >= 15 is 0 Å². The fourth-order valence-corrected chi connectivity index (χ4v) is 4.73. The van der Waals surface area contributed by atoms with Gasteiger partial charge >= 0.3 is 0 Å². The van der Waals surface area contributed by atoms with Crippen LogP contribution in [0.1, 0.15) is 5.56 Å². The molecule has 31 heavy (non-hydrogen) atoms. The summed E-state index contributed by atoms with van der Waals surface area (Å²) < 4.78 is 29.3. The summed E-state index contributed by atoms with van der Waals surface area (Å²) in [7, 11) is 2.42. The van der Waals surface area contributed by atoms with Crippen LogP contribution in [0, 0.1) is 6.92 Å². The molecule has 2 radical (unpaired) electrons. The Morgan fingerprint density at radius 2 is 1.84 bits per heavy atom. The van der Waals surface area contributed by atoms with Gasteiger partial charge in [-0.1, -0.05) is 48.0 Å². The van der Waals surface area contributed by atoms with Gasteiger partial charge in [-0.3, -0.25) is 0 Å². The second-order valence-corrected chi connectivity index (χ2v) is 9.07. The highest BCUT2D eigenvalue weighted by molar-refractivity contribution is 7.89. The zero-order valence-corrected chi connectivity index (χ0v) is 18.3. The van der Waals surface area contributed by atoms with Crippen LogP contribution in [-0.2, 0) is 10.0 Å². The lowest BCUT2D eigenvalue weighted by Gasteiger charge is -2.13. The first-order valence-corrected chi connectivity index (χ1v) is 11.4. The first kappa shape index (κ1) is 21.4. The molecule has 0 fully saturated rings. The van der Waals surface area contributed by atoms with E-state index in [2.05, 4.69) is 20.1 Å². The second kappa shape index (κ2) is 8.70. The first-order valence-electron chi connectivity index (χ1n) is 9.55. The third-order valence-corrected chi connectivity index (χ3v) is 6.71. The molecule has 0 saturated carbocycles. The van der Waals surface area contributed by atoms with E-state index in [-0.39, 0.29) is 11.4 Å². The number of anilines is 1. The van der Waals surface area contributed by atoms with Crippen molar-refractivity contribution in [1.29, 1.82) is 0 Å². The summed E-state index contributed by atoms with van der Waals surface area (Å²) in [5.74, 6) is 0.617.